The third-order valence-electron chi connectivity index (χ3n) is 2.05. The fraction of sp³-hybridized carbons (Fsp3) is 0.250. The molecule has 0 bridgehead atoms. The predicted molar refractivity (Wildman–Crippen MR) is 59.2 cm³/mol. The van der Waals surface area contributed by atoms with Gasteiger partial charge in [0, 0.05) is 12.8 Å². The summed E-state index contributed by atoms with van der Waals surface area (Å²) in [5.41, 5.74) is 3.59. The molecule has 68 valence electrons. The second kappa shape index (κ2) is 4.61. The van der Waals surface area contributed by atoms with Crippen molar-refractivity contribution >= 4 is 11.8 Å². The van der Waals surface area contributed by atoms with E-state index in [4.69, 9.17) is 0 Å². The number of hydrogen-bond donors (Lipinski definition) is 0. The predicted octanol–water partition coefficient (Wildman–Crippen LogP) is 3.10. The maximum Gasteiger partial charge on any atom is 0.0314 e. The molecule has 0 unspecified atom stereocenters. The molecule has 0 saturated carbocycles. The molecule has 0 heterocycles. The summed E-state index contributed by atoms with van der Waals surface area (Å²) >= 11 is 0. The summed E-state index contributed by atoms with van der Waals surface area (Å²) in [4.78, 5) is 4.06. The fourth-order valence-corrected chi connectivity index (χ4v) is 1.06. The standard InChI is InChI=1S/C12H15N/c1-10-6-4-5-7-12(10)9-8-11(2)13-3/h4-9H,1-3H3/b9-8-,13-11+. The lowest BCUT2D eigenvalue weighted by Crippen LogP contribution is -1.84. The molecular weight excluding hydrogens is 158 g/mol. The van der Waals surface area contributed by atoms with Crippen molar-refractivity contribution in [2.75, 3.05) is 7.05 Å². The molecule has 1 aromatic carbocycles. The molecule has 0 aliphatic rings. The Morgan fingerprint density at radius 3 is 2.62 bits per heavy atom. The van der Waals surface area contributed by atoms with Crippen LogP contribution in [0.3, 0.4) is 0 Å². The Hall–Kier alpha value is -1.37. The van der Waals surface area contributed by atoms with Crippen molar-refractivity contribution in [1.82, 2.24) is 0 Å². The Balaban J connectivity index is 2.86. The number of aliphatic imine (C=N–C) groups is 1. The summed E-state index contributed by atoms with van der Waals surface area (Å²) in [7, 11) is 1.80. The van der Waals surface area contributed by atoms with Crippen LogP contribution in [-0.4, -0.2) is 12.8 Å². The lowest BCUT2D eigenvalue weighted by molar-refractivity contribution is 1.43. The zero-order valence-corrected chi connectivity index (χ0v) is 8.41. The zero-order valence-electron chi connectivity index (χ0n) is 8.41. The van der Waals surface area contributed by atoms with Crippen molar-refractivity contribution in [3.8, 4) is 0 Å². The van der Waals surface area contributed by atoms with Crippen molar-refractivity contribution in [2.45, 2.75) is 13.8 Å². The van der Waals surface area contributed by atoms with Gasteiger partial charge in [-0.05, 0) is 31.1 Å². The molecule has 0 amide bonds. The number of hydrogen-bond acceptors (Lipinski definition) is 1. The van der Waals surface area contributed by atoms with Crippen molar-refractivity contribution in [2.24, 2.45) is 4.99 Å². The molecule has 1 nitrogen and oxygen atoms in total. The molecule has 0 aliphatic carbocycles. The largest absolute Gasteiger partial charge is 0.293 e. The van der Waals surface area contributed by atoms with Crippen LogP contribution in [0.15, 0.2) is 35.3 Å². The van der Waals surface area contributed by atoms with Crippen LogP contribution in [0.5, 0.6) is 0 Å². The molecule has 1 aromatic rings. The quantitative estimate of drug-likeness (QED) is 0.609. The van der Waals surface area contributed by atoms with Crippen LogP contribution in [0.2, 0.25) is 0 Å². The van der Waals surface area contributed by atoms with E-state index in [0.29, 0.717) is 0 Å². The van der Waals surface area contributed by atoms with Crippen molar-refractivity contribution in [3.05, 3.63) is 41.5 Å². The van der Waals surface area contributed by atoms with Crippen LogP contribution in [0.1, 0.15) is 18.1 Å². The lowest BCUT2D eigenvalue weighted by atomic mass is 10.1. The third kappa shape index (κ3) is 2.86. The Labute approximate surface area is 79.8 Å². The van der Waals surface area contributed by atoms with Gasteiger partial charge in [0.15, 0.2) is 0 Å². The van der Waals surface area contributed by atoms with Crippen LogP contribution < -0.4 is 0 Å². The van der Waals surface area contributed by atoms with Crippen LogP contribution in [0.4, 0.5) is 0 Å². The van der Waals surface area contributed by atoms with Crippen LogP contribution in [0.25, 0.3) is 6.08 Å². The van der Waals surface area contributed by atoms with Gasteiger partial charge in [-0.3, -0.25) is 4.99 Å². The van der Waals surface area contributed by atoms with Crippen molar-refractivity contribution < 1.29 is 0 Å². The van der Waals surface area contributed by atoms with Gasteiger partial charge in [-0.25, -0.2) is 0 Å². The summed E-state index contributed by atoms with van der Waals surface area (Å²) < 4.78 is 0. The maximum atomic E-state index is 4.06. The average Bonchev–Trinajstić information content (AvgIpc) is 2.16. The summed E-state index contributed by atoms with van der Waals surface area (Å²) in [6.45, 7) is 4.10. The van der Waals surface area contributed by atoms with E-state index in [1.807, 2.05) is 25.1 Å². The molecule has 0 aliphatic heterocycles. The molecule has 13 heavy (non-hydrogen) atoms. The monoisotopic (exact) mass is 173 g/mol. The highest BCUT2D eigenvalue weighted by atomic mass is 14.7. The SMILES string of the molecule is C/N=C(C)/C=C\c1ccccc1C. The third-order valence-corrected chi connectivity index (χ3v) is 2.05. The average molecular weight is 173 g/mol. The van der Waals surface area contributed by atoms with Crippen molar-refractivity contribution in [3.63, 3.8) is 0 Å². The molecule has 1 heteroatoms. The number of allylic oxidation sites excluding steroid dienone is 1. The molecular formula is C12H15N. The van der Waals surface area contributed by atoms with Gasteiger partial charge < -0.3 is 0 Å². The minimum absolute atomic E-state index is 1.04. The molecule has 0 radical (unpaired) electrons. The first-order chi connectivity index (χ1) is 6.24. The smallest absolute Gasteiger partial charge is 0.0314 e. The number of nitrogens with zero attached hydrogens (tertiary/aromatic N) is 1. The number of benzene rings is 1. The minimum Gasteiger partial charge on any atom is -0.293 e. The molecule has 0 N–H and O–H groups in total. The summed E-state index contributed by atoms with van der Waals surface area (Å²) in [5.74, 6) is 0. The Bertz CT molecular complexity index is 335. The van der Waals surface area contributed by atoms with Gasteiger partial charge in [0.1, 0.15) is 0 Å². The van der Waals surface area contributed by atoms with E-state index in [0.717, 1.165) is 5.71 Å². The number of aryl methyl sites for hydroxylation is 1. The van der Waals surface area contributed by atoms with Gasteiger partial charge in [0.25, 0.3) is 0 Å². The van der Waals surface area contributed by atoms with E-state index < -0.39 is 0 Å². The molecule has 1 rings (SSSR count). The normalized spacial score (nSPS) is 12.4. The van der Waals surface area contributed by atoms with E-state index in [1.54, 1.807) is 7.05 Å². The number of rotatable bonds is 2. The van der Waals surface area contributed by atoms with Crippen molar-refractivity contribution in [1.29, 1.82) is 0 Å². The van der Waals surface area contributed by atoms with Crippen LogP contribution >= 0.6 is 0 Å². The van der Waals surface area contributed by atoms with E-state index in [-0.39, 0.29) is 0 Å². The Kier molecular flexibility index (Phi) is 3.44. The van der Waals surface area contributed by atoms with Gasteiger partial charge in [-0.2, -0.15) is 0 Å². The van der Waals surface area contributed by atoms with Gasteiger partial charge in [-0.1, -0.05) is 30.3 Å². The van der Waals surface area contributed by atoms with Gasteiger partial charge in [-0.15, -0.1) is 0 Å². The van der Waals surface area contributed by atoms with E-state index in [9.17, 15) is 0 Å². The lowest BCUT2D eigenvalue weighted by Gasteiger charge is -1.97. The first kappa shape index (κ1) is 9.72. The van der Waals surface area contributed by atoms with E-state index in [1.165, 1.54) is 11.1 Å². The summed E-state index contributed by atoms with van der Waals surface area (Å²) in [6.07, 6.45) is 4.12. The maximum absolute atomic E-state index is 4.06. The van der Waals surface area contributed by atoms with Gasteiger partial charge >= 0.3 is 0 Å². The molecule has 0 atom stereocenters. The zero-order chi connectivity index (χ0) is 9.68. The molecule has 0 saturated heterocycles. The van der Waals surface area contributed by atoms with E-state index in [2.05, 4.69) is 30.1 Å². The van der Waals surface area contributed by atoms with Gasteiger partial charge in [0.2, 0.25) is 0 Å². The molecule has 0 fully saturated rings. The summed E-state index contributed by atoms with van der Waals surface area (Å²) in [6, 6.07) is 8.31. The molecule has 0 spiro atoms. The highest BCUT2D eigenvalue weighted by Crippen LogP contribution is 2.08. The first-order valence-electron chi connectivity index (χ1n) is 4.41. The Morgan fingerprint density at radius 2 is 2.00 bits per heavy atom. The fourth-order valence-electron chi connectivity index (χ4n) is 1.06. The second-order valence-corrected chi connectivity index (χ2v) is 3.05. The highest BCUT2D eigenvalue weighted by molar-refractivity contribution is 5.96. The summed E-state index contributed by atoms with van der Waals surface area (Å²) in [5, 5.41) is 0. The second-order valence-electron chi connectivity index (χ2n) is 3.05. The highest BCUT2D eigenvalue weighted by Gasteiger charge is 1.90. The Morgan fingerprint density at radius 1 is 1.31 bits per heavy atom. The minimum atomic E-state index is 1.04. The van der Waals surface area contributed by atoms with E-state index >= 15 is 0 Å². The first-order valence-corrected chi connectivity index (χ1v) is 4.41. The van der Waals surface area contributed by atoms with Crippen LogP contribution in [0, 0.1) is 6.92 Å². The van der Waals surface area contributed by atoms with Gasteiger partial charge in [0.05, 0.1) is 0 Å². The topological polar surface area (TPSA) is 12.4 Å². The molecule has 0 aromatic heterocycles. The van der Waals surface area contributed by atoms with Crippen LogP contribution in [-0.2, 0) is 0 Å².